The Balaban J connectivity index is 1.30. The van der Waals surface area contributed by atoms with Crippen LogP contribution in [0.3, 0.4) is 0 Å². The highest BCUT2D eigenvalue weighted by Gasteiger charge is 2.33. The van der Waals surface area contributed by atoms with E-state index >= 15 is 0 Å². The predicted octanol–water partition coefficient (Wildman–Crippen LogP) is 6.20. The molecule has 5 rings (SSSR count). The van der Waals surface area contributed by atoms with Crippen LogP contribution in [-0.4, -0.2) is 23.3 Å². The molecular weight excluding hydrogens is 514 g/mol. The molecular formula is C32H30F2N2O4. The molecule has 0 radical (unpaired) electrons. The maximum absolute atomic E-state index is 14.2. The zero-order valence-corrected chi connectivity index (χ0v) is 22.3. The Morgan fingerprint density at radius 2 is 1.77 bits per heavy atom. The summed E-state index contributed by atoms with van der Waals surface area (Å²) in [7, 11) is 0. The normalized spacial score (nSPS) is 14.6. The summed E-state index contributed by atoms with van der Waals surface area (Å²) in [5.41, 5.74) is 3.30. The molecule has 1 N–H and O–H groups in total. The van der Waals surface area contributed by atoms with Gasteiger partial charge in [-0.25, -0.2) is 8.78 Å². The number of ether oxygens (including phenoxy) is 1. The number of amides is 2. The lowest BCUT2D eigenvalue weighted by atomic mass is 9.87. The second-order valence-electron chi connectivity index (χ2n) is 10.1. The van der Waals surface area contributed by atoms with Gasteiger partial charge in [0.1, 0.15) is 29.8 Å². The molecule has 0 bridgehead atoms. The highest BCUT2D eigenvalue weighted by atomic mass is 19.1. The summed E-state index contributed by atoms with van der Waals surface area (Å²) in [6.07, 6.45) is 0.687. The number of carbonyl (C=O) groups is 2. The molecule has 1 aromatic heterocycles. The minimum atomic E-state index is -0.435. The van der Waals surface area contributed by atoms with Crippen LogP contribution in [0.25, 0.3) is 0 Å². The number of rotatable bonds is 8. The zero-order valence-electron chi connectivity index (χ0n) is 22.3. The minimum absolute atomic E-state index is 0.00465. The molecule has 2 amide bonds. The van der Waals surface area contributed by atoms with Crippen LogP contribution in [0, 0.1) is 17.6 Å². The van der Waals surface area contributed by atoms with Crippen LogP contribution in [0.4, 0.5) is 8.78 Å². The van der Waals surface area contributed by atoms with E-state index in [1.807, 2.05) is 43.0 Å². The van der Waals surface area contributed by atoms with Gasteiger partial charge in [-0.1, -0.05) is 44.2 Å². The second kappa shape index (κ2) is 11.7. The molecule has 2 heterocycles. The van der Waals surface area contributed by atoms with E-state index in [-0.39, 0.29) is 42.4 Å². The molecule has 1 aliphatic heterocycles. The Hall–Kier alpha value is -4.46. The summed E-state index contributed by atoms with van der Waals surface area (Å²) < 4.78 is 39.2. The number of nitrogens with one attached hydrogen (secondary N) is 1. The Kier molecular flexibility index (Phi) is 7.96. The lowest BCUT2D eigenvalue weighted by Gasteiger charge is -2.39. The van der Waals surface area contributed by atoms with E-state index in [4.69, 9.17) is 9.15 Å². The van der Waals surface area contributed by atoms with Gasteiger partial charge in [-0.2, -0.15) is 0 Å². The van der Waals surface area contributed by atoms with Crippen molar-refractivity contribution in [3.05, 3.63) is 124 Å². The molecule has 1 atom stereocenters. The van der Waals surface area contributed by atoms with Gasteiger partial charge in [0.15, 0.2) is 5.76 Å². The number of carbonyl (C=O) groups excluding carboxylic acids is 2. The summed E-state index contributed by atoms with van der Waals surface area (Å²) in [5, 5.41) is 2.71. The average Bonchev–Trinajstić information content (AvgIpc) is 3.43. The van der Waals surface area contributed by atoms with Crippen LogP contribution in [-0.2, 0) is 24.4 Å². The third kappa shape index (κ3) is 6.06. The quantitative estimate of drug-likeness (QED) is 0.287. The average molecular weight is 545 g/mol. The van der Waals surface area contributed by atoms with Crippen LogP contribution in [0.2, 0.25) is 0 Å². The van der Waals surface area contributed by atoms with Crippen LogP contribution in [0.1, 0.15) is 58.5 Å². The van der Waals surface area contributed by atoms with E-state index in [2.05, 4.69) is 5.32 Å². The fraction of sp³-hybridized carbons (Fsp3) is 0.250. The summed E-state index contributed by atoms with van der Waals surface area (Å²) in [6, 6.07) is 20.9. The number of benzene rings is 3. The van der Waals surface area contributed by atoms with Crippen LogP contribution in [0.5, 0.6) is 5.75 Å². The first kappa shape index (κ1) is 27.1. The number of furan rings is 1. The Labute approximate surface area is 231 Å². The third-order valence-corrected chi connectivity index (χ3v) is 6.90. The van der Waals surface area contributed by atoms with Gasteiger partial charge >= 0.3 is 0 Å². The van der Waals surface area contributed by atoms with Crippen molar-refractivity contribution in [2.45, 2.75) is 39.5 Å². The lowest BCUT2D eigenvalue weighted by Crippen LogP contribution is -2.42. The van der Waals surface area contributed by atoms with Gasteiger partial charge in [-0.15, -0.1) is 0 Å². The molecule has 1 aliphatic rings. The first-order valence-electron chi connectivity index (χ1n) is 13.2. The van der Waals surface area contributed by atoms with Gasteiger partial charge in [-0.3, -0.25) is 9.59 Å². The van der Waals surface area contributed by atoms with Crippen molar-refractivity contribution in [1.82, 2.24) is 10.2 Å². The van der Waals surface area contributed by atoms with E-state index < -0.39 is 11.9 Å². The lowest BCUT2D eigenvalue weighted by molar-refractivity contribution is -0.136. The van der Waals surface area contributed by atoms with Gasteiger partial charge in [0.05, 0.1) is 6.04 Å². The molecule has 8 heteroatoms. The van der Waals surface area contributed by atoms with Gasteiger partial charge in [0.2, 0.25) is 5.91 Å². The summed E-state index contributed by atoms with van der Waals surface area (Å²) in [4.78, 5) is 27.4. The molecule has 0 fully saturated rings. The van der Waals surface area contributed by atoms with Crippen molar-refractivity contribution in [1.29, 1.82) is 0 Å². The number of halogens is 2. The van der Waals surface area contributed by atoms with Gasteiger partial charge < -0.3 is 19.4 Å². The number of fused-ring (bicyclic) bond motifs is 1. The number of nitrogens with zero attached hydrogens (tertiary/aromatic N) is 1. The fourth-order valence-electron chi connectivity index (χ4n) is 4.94. The third-order valence-electron chi connectivity index (χ3n) is 6.90. The largest absolute Gasteiger partial charge is 0.486 e. The Bertz CT molecular complexity index is 1530. The highest BCUT2D eigenvalue weighted by molar-refractivity contribution is 5.91. The van der Waals surface area contributed by atoms with Gasteiger partial charge in [0, 0.05) is 19.0 Å². The van der Waals surface area contributed by atoms with Gasteiger partial charge in [0.25, 0.3) is 5.91 Å². The standard InChI is InChI=1S/C32H30F2N2O4/c1-20(2)32(38)36-14-13-22-9-10-26(17-28(22)30(36)23-6-4-8-25(34)16-23)39-19-27-11-12-29(40-27)31(37)35-18-21-5-3-7-24(33)15-21/h3-12,15-17,20,30H,13-14,18-19H2,1-2H3,(H,35,37)/t30-/m0/s1. The summed E-state index contributed by atoms with van der Waals surface area (Å²) in [6.45, 7) is 4.51. The van der Waals surface area contributed by atoms with Crippen molar-refractivity contribution < 1.29 is 27.5 Å². The van der Waals surface area contributed by atoms with Crippen LogP contribution < -0.4 is 10.1 Å². The molecule has 40 heavy (non-hydrogen) atoms. The molecule has 0 unspecified atom stereocenters. The van der Waals surface area contributed by atoms with E-state index in [9.17, 15) is 18.4 Å². The molecule has 0 spiro atoms. The van der Waals surface area contributed by atoms with Crippen LogP contribution >= 0.6 is 0 Å². The fourth-order valence-corrected chi connectivity index (χ4v) is 4.94. The van der Waals surface area contributed by atoms with E-state index in [0.717, 1.165) is 11.1 Å². The molecule has 0 saturated carbocycles. The molecule has 6 nitrogen and oxygen atoms in total. The number of hydrogen-bond donors (Lipinski definition) is 1. The summed E-state index contributed by atoms with van der Waals surface area (Å²) in [5.74, 6) is -0.206. The van der Waals surface area contributed by atoms with Crippen LogP contribution in [0.15, 0.2) is 83.3 Å². The van der Waals surface area contributed by atoms with Crippen molar-refractivity contribution in [2.24, 2.45) is 5.92 Å². The second-order valence-corrected chi connectivity index (χ2v) is 10.1. The SMILES string of the molecule is CC(C)C(=O)N1CCc2ccc(OCc3ccc(C(=O)NCc4cccc(F)c4)o3)cc2[C@@H]1c1cccc(F)c1. The summed E-state index contributed by atoms with van der Waals surface area (Å²) >= 11 is 0. The van der Waals surface area contributed by atoms with Crippen molar-refractivity contribution in [2.75, 3.05) is 6.54 Å². The Morgan fingerprint density at radius 1 is 1.00 bits per heavy atom. The number of hydrogen-bond acceptors (Lipinski definition) is 4. The molecule has 0 saturated heterocycles. The molecule has 206 valence electrons. The van der Waals surface area contributed by atoms with E-state index in [1.165, 1.54) is 24.3 Å². The van der Waals surface area contributed by atoms with E-state index in [1.54, 1.807) is 30.3 Å². The first-order chi connectivity index (χ1) is 19.3. The van der Waals surface area contributed by atoms with E-state index in [0.29, 0.717) is 35.6 Å². The maximum Gasteiger partial charge on any atom is 0.287 e. The first-order valence-corrected chi connectivity index (χ1v) is 13.2. The van der Waals surface area contributed by atoms with Crippen molar-refractivity contribution in [3.63, 3.8) is 0 Å². The molecule has 0 aliphatic carbocycles. The smallest absolute Gasteiger partial charge is 0.287 e. The highest BCUT2D eigenvalue weighted by Crippen LogP contribution is 2.38. The van der Waals surface area contributed by atoms with Crippen molar-refractivity contribution >= 4 is 11.8 Å². The maximum atomic E-state index is 14.2. The van der Waals surface area contributed by atoms with Crippen molar-refractivity contribution in [3.8, 4) is 5.75 Å². The zero-order chi connectivity index (χ0) is 28.2. The predicted molar refractivity (Wildman–Crippen MR) is 146 cm³/mol. The minimum Gasteiger partial charge on any atom is -0.486 e. The van der Waals surface area contributed by atoms with Gasteiger partial charge in [-0.05, 0) is 77.2 Å². The molecule has 4 aromatic rings. The monoisotopic (exact) mass is 544 g/mol. The topological polar surface area (TPSA) is 71.8 Å². The Morgan fingerprint density at radius 3 is 2.52 bits per heavy atom. The molecule has 3 aromatic carbocycles.